The molecule has 1 aliphatic heterocycles. The van der Waals surface area contributed by atoms with Gasteiger partial charge in [-0.2, -0.15) is 0 Å². The number of nitrogens with one attached hydrogen (secondary N) is 2. The highest BCUT2D eigenvalue weighted by Gasteiger charge is 2.21. The van der Waals surface area contributed by atoms with E-state index in [9.17, 15) is 4.79 Å². The number of carbonyl (C=O) groups is 1. The number of nitrogen functional groups attached to an aromatic ring is 1. The summed E-state index contributed by atoms with van der Waals surface area (Å²) < 4.78 is 0. The van der Waals surface area contributed by atoms with E-state index in [-0.39, 0.29) is 12.1 Å². The Morgan fingerprint density at radius 3 is 2.62 bits per heavy atom. The normalized spacial score (nSPS) is 15.1. The van der Waals surface area contributed by atoms with Crippen LogP contribution in [-0.4, -0.2) is 30.1 Å². The highest BCUT2D eigenvalue weighted by molar-refractivity contribution is 5.90. The van der Waals surface area contributed by atoms with Crippen molar-refractivity contribution in [3.8, 4) is 0 Å². The summed E-state index contributed by atoms with van der Waals surface area (Å²) in [6, 6.07) is 11.6. The minimum Gasteiger partial charge on any atom is -0.397 e. The number of rotatable bonds is 3. The SMILES string of the molecule is Cc1ccccc1NC(=O)NC1CCN(c2ccc(N)cn2)CC1. The van der Waals surface area contributed by atoms with Crippen LogP contribution in [0.4, 0.5) is 22.0 Å². The summed E-state index contributed by atoms with van der Waals surface area (Å²) in [7, 11) is 0. The first-order chi connectivity index (χ1) is 11.6. The highest BCUT2D eigenvalue weighted by Crippen LogP contribution is 2.19. The first kappa shape index (κ1) is 16.1. The maximum Gasteiger partial charge on any atom is 0.319 e. The van der Waals surface area contributed by atoms with Gasteiger partial charge in [-0.15, -0.1) is 0 Å². The monoisotopic (exact) mass is 325 g/mol. The number of pyridine rings is 1. The van der Waals surface area contributed by atoms with Crippen molar-refractivity contribution in [2.24, 2.45) is 0 Å². The lowest BCUT2D eigenvalue weighted by Gasteiger charge is -2.33. The molecule has 0 unspecified atom stereocenters. The lowest BCUT2D eigenvalue weighted by atomic mass is 10.1. The Balaban J connectivity index is 1.49. The van der Waals surface area contributed by atoms with Gasteiger partial charge >= 0.3 is 6.03 Å². The number of para-hydroxylation sites is 1. The van der Waals surface area contributed by atoms with Gasteiger partial charge in [0, 0.05) is 24.8 Å². The molecule has 3 rings (SSSR count). The third-order valence-corrected chi connectivity index (χ3v) is 4.32. The predicted molar refractivity (Wildman–Crippen MR) is 97.2 cm³/mol. The predicted octanol–water partition coefficient (Wildman–Crippen LogP) is 2.76. The van der Waals surface area contributed by atoms with Crippen LogP contribution in [0.1, 0.15) is 18.4 Å². The third kappa shape index (κ3) is 3.95. The number of hydrogen-bond acceptors (Lipinski definition) is 4. The van der Waals surface area contributed by atoms with Crippen molar-refractivity contribution >= 4 is 23.2 Å². The molecule has 6 heteroatoms. The Hall–Kier alpha value is -2.76. The molecule has 2 heterocycles. The third-order valence-electron chi connectivity index (χ3n) is 4.32. The van der Waals surface area contributed by atoms with Gasteiger partial charge in [-0.05, 0) is 43.5 Å². The second-order valence-electron chi connectivity index (χ2n) is 6.12. The molecule has 0 saturated carbocycles. The van der Waals surface area contributed by atoms with Gasteiger partial charge < -0.3 is 21.3 Å². The Kier molecular flexibility index (Phi) is 4.84. The summed E-state index contributed by atoms with van der Waals surface area (Å²) in [5.74, 6) is 0.937. The molecule has 0 bridgehead atoms. The van der Waals surface area contributed by atoms with Crippen LogP contribution in [0.3, 0.4) is 0 Å². The molecule has 4 N–H and O–H groups in total. The maximum absolute atomic E-state index is 12.2. The molecule has 0 atom stereocenters. The molecule has 2 amide bonds. The molecule has 1 aliphatic rings. The fourth-order valence-corrected chi connectivity index (χ4v) is 2.89. The molecular weight excluding hydrogens is 302 g/mol. The molecule has 2 aromatic rings. The number of amides is 2. The molecule has 1 saturated heterocycles. The van der Waals surface area contributed by atoms with E-state index in [0.29, 0.717) is 5.69 Å². The van der Waals surface area contributed by atoms with Gasteiger partial charge in [0.05, 0.1) is 11.9 Å². The fourth-order valence-electron chi connectivity index (χ4n) is 2.89. The lowest BCUT2D eigenvalue weighted by Crippen LogP contribution is -2.46. The Labute approximate surface area is 142 Å². The zero-order valence-electron chi connectivity index (χ0n) is 13.8. The van der Waals surface area contributed by atoms with Crippen molar-refractivity contribution in [2.75, 3.05) is 29.0 Å². The Morgan fingerprint density at radius 2 is 1.96 bits per heavy atom. The van der Waals surface area contributed by atoms with Crippen LogP contribution in [0.2, 0.25) is 0 Å². The number of nitrogens with zero attached hydrogens (tertiary/aromatic N) is 2. The smallest absolute Gasteiger partial charge is 0.319 e. The molecular formula is C18H23N5O. The fraction of sp³-hybridized carbons (Fsp3) is 0.333. The van der Waals surface area contributed by atoms with Crippen molar-refractivity contribution in [3.63, 3.8) is 0 Å². The van der Waals surface area contributed by atoms with Crippen molar-refractivity contribution < 1.29 is 4.79 Å². The van der Waals surface area contributed by atoms with Crippen LogP contribution in [-0.2, 0) is 0 Å². The number of nitrogens with two attached hydrogens (primary N) is 1. The van der Waals surface area contributed by atoms with Gasteiger partial charge in [0.1, 0.15) is 5.82 Å². The van der Waals surface area contributed by atoms with Crippen LogP contribution in [0.5, 0.6) is 0 Å². The lowest BCUT2D eigenvalue weighted by molar-refractivity contribution is 0.246. The largest absolute Gasteiger partial charge is 0.397 e. The van der Waals surface area contributed by atoms with Crippen LogP contribution < -0.4 is 21.3 Å². The van der Waals surface area contributed by atoms with Crippen molar-refractivity contribution in [1.29, 1.82) is 0 Å². The van der Waals surface area contributed by atoms with Gasteiger partial charge in [-0.25, -0.2) is 9.78 Å². The van der Waals surface area contributed by atoms with Crippen molar-refractivity contribution in [2.45, 2.75) is 25.8 Å². The van der Waals surface area contributed by atoms with Crippen LogP contribution in [0.15, 0.2) is 42.6 Å². The Morgan fingerprint density at radius 1 is 1.21 bits per heavy atom. The van der Waals surface area contributed by atoms with Crippen molar-refractivity contribution in [3.05, 3.63) is 48.2 Å². The molecule has 24 heavy (non-hydrogen) atoms. The second kappa shape index (κ2) is 7.21. The summed E-state index contributed by atoms with van der Waals surface area (Å²) in [5.41, 5.74) is 8.24. The Bertz CT molecular complexity index is 693. The number of hydrogen-bond donors (Lipinski definition) is 3. The summed E-state index contributed by atoms with van der Waals surface area (Å²) in [6.45, 7) is 3.71. The van der Waals surface area contributed by atoms with Gasteiger partial charge in [-0.1, -0.05) is 18.2 Å². The van der Waals surface area contributed by atoms with Gasteiger partial charge in [0.2, 0.25) is 0 Å². The number of anilines is 3. The summed E-state index contributed by atoms with van der Waals surface area (Å²) >= 11 is 0. The zero-order chi connectivity index (χ0) is 16.9. The minimum atomic E-state index is -0.145. The van der Waals surface area contributed by atoms with Gasteiger partial charge in [-0.3, -0.25) is 0 Å². The summed E-state index contributed by atoms with van der Waals surface area (Å²) in [5, 5.41) is 5.98. The average Bonchev–Trinajstić information content (AvgIpc) is 2.58. The number of benzene rings is 1. The van der Waals surface area contributed by atoms with Crippen LogP contribution in [0.25, 0.3) is 0 Å². The number of aromatic nitrogens is 1. The van der Waals surface area contributed by atoms with Crippen molar-refractivity contribution in [1.82, 2.24) is 10.3 Å². The van der Waals surface area contributed by atoms with Crippen LogP contribution in [0, 0.1) is 6.92 Å². The van der Waals surface area contributed by atoms with Gasteiger partial charge in [0.15, 0.2) is 0 Å². The van der Waals surface area contributed by atoms with E-state index in [2.05, 4.69) is 20.5 Å². The zero-order valence-corrected chi connectivity index (χ0v) is 13.8. The number of piperidine rings is 1. The quantitative estimate of drug-likeness (QED) is 0.810. The topological polar surface area (TPSA) is 83.3 Å². The molecule has 1 fully saturated rings. The molecule has 0 spiro atoms. The van der Waals surface area contributed by atoms with E-state index >= 15 is 0 Å². The average molecular weight is 325 g/mol. The number of aryl methyl sites for hydroxylation is 1. The molecule has 0 radical (unpaired) electrons. The van der Waals surface area contributed by atoms with Crippen LogP contribution >= 0.6 is 0 Å². The molecule has 126 valence electrons. The van der Waals surface area contributed by atoms with E-state index in [1.165, 1.54) is 0 Å². The summed E-state index contributed by atoms with van der Waals surface area (Å²) in [6.07, 6.45) is 3.47. The van der Waals surface area contributed by atoms with E-state index in [4.69, 9.17) is 5.73 Å². The molecule has 1 aromatic carbocycles. The first-order valence-electron chi connectivity index (χ1n) is 8.21. The molecule has 1 aromatic heterocycles. The minimum absolute atomic E-state index is 0.145. The van der Waals surface area contributed by atoms with E-state index in [1.54, 1.807) is 6.20 Å². The van der Waals surface area contributed by atoms with Gasteiger partial charge in [0.25, 0.3) is 0 Å². The second-order valence-corrected chi connectivity index (χ2v) is 6.12. The highest BCUT2D eigenvalue weighted by atomic mass is 16.2. The number of carbonyl (C=O) groups excluding carboxylic acids is 1. The molecule has 6 nitrogen and oxygen atoms in total. The van der Waals surface area contributed by atoms with E-state index in [0.717, 1.165) is 43.0 Å². The first-order valence-corrected chi connectivity index (χ1v) is 8.21. The summed E-state index contributed by atoms with van der Waals surface area (Å²) in [4.78, 5) is 18.7. The van der Waals surface area contributed by atoms with E-state index in [1.807, 2.05) is 43.3 Å². The number of urea groups is 1. The van der Waals surface area contributed by atoms with E-state index < -0.39 is 0 Å². The molecule has 0 aliphatic carbocycles. The standard InChI is InChI=1S/C18H23N5O/c1-13-4-2-3-5-16(13)22-18(24)21-15-8-10-23(11-9-15)17-7-6-14(19)12-20-17/h2-7,12,15H,8-11,19H2,1H3,(H2,21,22,24). The maximum atomic E-state index is 12.2.